The maximum Gasteiger partial charge on any atom is 0.115 e. The van der Waals surface area contributed by atoms with E-state index < -0.39 is 0 Å². The Morgan fingerprint density at radius 1 is 0.683 bits per heavy atom. The number of fused-ring (bicyclic) bond motifs is 5. The van der Waals surface area contributed by atoms with Crippen molar-refractivity contribution in [2.24, 2.45) is 46.8 Å². The van der Waals surface area contributed by atoms with Gasteiger partial charge < -0.3 is 5.11 Å². The molecule has 1 nitrogen and oxygen atoms in total. The lowest BCUT2D eigenvalue weighted by atomic mass is 9.54. The molecule has 8 rings (SSSR count). The van der Waals surface area contributed by atoms with E-state index in [1.807, 2.05) is 12.1 Å². The van der Waals surface area contributed by atoms with Crippen LogP contribution in [0.5, 0.6) is 5.75 Å². The largest absolute Gasteiger partial charge is 0.508 e. The molecule has 0 aliphatic heterocycles. The van der Waals surface area contributed by atoms with Gasteiger partial charge in [-0.05, 0) is 224 Å². The van der Waals surface area contributed by atoms with Gasteiger partial charge in [0.2, 0.25) is 0 Å². The summed E-state index contributed by atoms with van der Waals surface area (Å²) in [4.78, 5) is 0. The summed E-state index contributed by atoms with van der Waals surface area (Å²) in [5.41, 5.74) is 8.42. The fraction of sp³-hybridized carbons (Fsp3) is 0.724. The van der Waals surface area contributed by atoms with Gasteiger partial charge in [-0.2, -0.15) is 0 Å². The van der Waals surface area contributed by atoms with E-state index >= 15 is 0 Å². The Hall–Kier alpha value is -1.73. The molecule has 2 heteroatoms. The van der Waals surface area contributed by atoms with Crippen molar-refractivity contribution < 1.29 is 5.11 Å². The average Bonchev–Trinajstić information content (AvgIpc) is 4.10. The summed E-state index contributed by atoms with van der Waals surface area (Å²) in [6, 6.07) is 6.17. The van der Waals surface area contributed by atoms with Gasteiger partial charge >= 0.3 is 0 Å². The molecule has 9 atom stereocenters. The molecule has 3 unspecified atom stereocenters. The number of phenolic OH excluding ortho intramolecular Hbond substituents is 1. The smallest absolute Gasteiger partial charge is 0.115 e. The Kier molecular flexibility index (Phi) is 22.7. The zero-order valence-corrected chi connectivity index (χ0v) is 42.6. The van der Waals surface area contributed by atoms with Crippen LogP contribution in [0.3, 0.4) is 0 Å². The van der Waals surface area contributed by atoms with Gasteiger partial charge in [-0.15, -0.1) is 0 Å². The van der Waals surface area contributed by atoms with Crippen molar-refractivity contribution in [1.29, 1.82) is 0 Å². The number of hydrogen-bond donors (Lipinski definition) is 1. The lowest BCUT2D eigenvalue weighted by Crippen LogP contribution is -2.42. The molecule has 2 saturated carbocycles. The first-order valence-electron chi connectivity index (χ1n) is 25.7. The van der Waals surface area contributed by atoms with E-state index in [9.17, 15) is 5.11 Å². The maximum atomic E-state index is 9.79. The van der Waals surface area contributed by atoms with Crippen LogP contribution in [0.2, 0.25) is 0 Å². The number of aryl methyl sites for hydroxylation is 1. The van der Waals surface area contributed by atoms with E-state index in [2.05, 4.69) is 127 Å². The number of unbranched alkanes of at least 4 members (excludes halogenated alkanes) is 3. The van der Waals surface area contributed by atoms with Gasteiger partial charge in [0.25, 0.3) is 0 Å². The zero-order valence-electron chi connectivity index (χ0n) is 40.5. The number of hydrogen-bond acceptors (Lipinski definition) is 1. The number of allylic oxidation sites excluding steroid dienone is 8. The van der Waals surface area contributed by atoms with Crippen LogP contribution >= 0.6 is 22.6 Å². The van der Waals surface area contributed by atoms with Crippen molar-refractivity contribution in [2.45, 2.75) is 222 Å². The number of aromatic hydroxyl groups is 1. The van der Waals surface area contributed by atoms with Gasteiger partial charge in [0.15, 0.2) is 0 Å². The molecule has 0 saturated heterocycles. The van der Waals surface area contributed by atoms with Gasteiger partial charge in [-0.25, -0.2) is 0 Å². The van der Waals surface area contributed by atoms with Crippen LogP contribution in [0.1, 0.15) is 227 Å². The minimum atomic E-state index is 0.448. The van der Waals surface area contributed by atoms with E-state index in [0.29, 0.717) is 11.2 Å². The van der Waals surface area contributed by atoms with Gasteiger partial charge in [-0.1, -0.05) is 141 Å². The molecule has 0 bridgehead atoms. The Morgan fingerprint density at radius 3 is 1.78 bits per heavy atom. The fourth-order valence-electron chi connectivity index (χ4n) is 11.9. The first-order chi connectivity index (χ1) is 29.0. The van der Waals surface area contributed by atoms with Crippen LogP contribution < -0.4 is 0 Å². The summed E-state index contributed by atoms with van der Waals surface area (Å²) >= 11 is 2.42. The highest BCUT2D eigenvalue weighted by Gasteiger charge is 2.54. The van der Waals surface area contributed by atoms with Crippen molar-refractivity contribution in [1.82, 2.24) is 0 Å². The molecule has 1 aromatic rings. The molecule has 0 spiro atoms. The van der Waals surface area contributed by atoms with Crippen molar-refractivity contribution in [3.63, 3.8) is 0 Å². The Morgan fingerprint density at radius 2 is 1.28 bits per heavy atom. The standard InChI is InChI=1S/C22H32O.2C10H18.C10H14.C6H9I/c1-3-4-5-16-7-11-21-20-9-6-15-14-17(23)8-10-18(15)19(20)12-13-22(16,21)2;3*1-3-4-7-10-8-5-6-9(10)2;1-5-3-2-4-6(5)7/h8,10,14,16,19-21,23H,3-7,9,11-13H2,1-2H3;2*8-9H,3-7H2,1-2H3;8-9H,3,5-6H2,1-2H3;4-5H,2-3H2,1H3/t16-,19?,20?,21?,22+;3*9-;5-/m01111/s1. The highest BCUT2D eigenvalue weighted by molar-refractivity contribution is 14.1. The van der Waals surface area contributed by atoms with Crippen LogP contribution in [-0.2, 0) is 6.42 Å². The van der Waals surface area contributed by atoms with Crippen molar-refractivity contribution in [2.75, 3.05) is 0 Å². The minimum Gasteiger partial charge on any atom is -0.508 e. The average molecular weight is 931 g/mol. The summed E-state index contributed by atoms with van der Waals surface area (Å²) in [6.45, 7) is 20.8. The lowest BCUT2D eigenvalue weighted by molar-refractivity contribution is 0.0253. The first kappa shape index (κ1) is 50.9. The van der Waals surface area contributed by atoms with E-state index in [1.165, 1.54) is 159 Å². The summed E-state index contributed by atoms with van der Waals surface area (Å²) in [7, 11) is 0. The molecule has 336 valence electrons. The minimum absolute atomic E-state index is 0.448. The Labute approximate surface area is 386 Å². The summed E-state index contributed by atoms with van der Waals surface area (Å²) < 4.78 is 1.55. The van der Waals surface area contributed by atoms with E-state index in [0.717, 1.165) is 53.8 Å². The molecule has 7 aliphatic rings. The predicted molar refractivity (Wildman–Crippen MR) is 273 cm³/mol. The molecule has 2 fully saturated rings. The molecular formula is C58H91IO. The summed E-state index contributed by atoms with van der Waals surface area (Å²) in [5.74, 6) is 13.7. The molecule has 60 heavy (non-hydrogen) atoms. The number of phenols is 1. The number of rotatable bonds is 9. The quantitative estimate of drug-likeness (QED) is 0.149. The normalized spacial score (nSPS) is 30.6. The molecule has 7 aliphatic carbocycles. The highest BCUT2D eigenvalue weighted by atomic mass is 127. The second kappa shape index (κ2) is 26.8. The number of halogens is 1. The van der Waals surface area contributed by atoms with Crippen LogP contribution in [0.15, 0.2) is 62.8 Å². The fourth-order valence-corrected chi connectivity index (χ4v) is 12.5. The van der Waals surface area contributed by atoms with Crippen molar-refractivity contribution in [3.8, 4) is 17.6 Å². The third-order valence-corrected chi connectivity index (χ3v) is 17.5. The van der Waals surface area contributed by atoms with Crippen molar-refractivity contribution in [3.05, 3.63) is 73.9 Å². The Balaban J connectivity index is 0.000000181. The molecule has 0 heterocycles. The van der Waals surface area contributed by atoms with E-state index in [4.69, 9.17) is 0 Å². The van der Waals surface area contributed by atoms with Crippen LogP contribution in [0, 0.1) is 58.7 Å². The van der Waals surface area contributed by atoms with E-state index in [-0.39, 0.29) is 0 Å². The molecule has 0 amide bonds. The molecule has 0 aromatic heterocycles. The predicted octanol–water partition coefficient (Wildman–Crippen LogP) is 18.6. The van der Waals surface area contributed by atoms with Crippen LogP contribution in [0.4, 0.5) is 0 Å². The van der Waals surface area contributed by atoms with Crippen LogP contribution in [0.25, 0.3) is 0 Å². The van der Waals surface area contributed by atoms with Gasteiger partial charge in [-0.3, -0.25) is 0 Å². The van der Waals surface area contributed by atoms with Crippen LogP contribution in [-0.4, -0.2) is 5.11 Å². The van der Waals surface area contributed by atoms with Gasteiger partial charge in [0.1, 0.15) is 5.75 Å². The van der Waals surface area contributed by atoms with Gasteiger partial charge in [0.05, 0.1) is 0 Å². The molecule has 0 radical (unpaired) electrons. The van der Waals surface area contributed by atoms with Crippen molar-refractivity contribution >= 4 is 22.6 Å². The molecule has 1 N–H and O–H groups in total. The second-order valence-corrected chi connectivity index (χ2v) is 21.6. The molecule has 1 aromatic carbocycles. The third kappa shape index (κ3) is 14.9. The SMILES string of the molecule is CCC#CC1=CCC[C@H]1C.CCCCC1=CCC[C@H]1C.CCCCC1=CCC[C@H]1C.CCCC[C@H]1CCC2C3CCc4cc(O)ccc4C3CC[C@@]21C.C[C@@H]1CCC=C1I. The monoisotopic (exact) mass is 931 g/mol. The second-order valence-electron chi connectivity index (χ2n) is 20.3. The topological polar surface area (TPSA) is 20.2 Å². The first-order valence-corrected chi connectivity index (χ1v) is 26.8. The number of benzene rings is 1. The Bertz CT molecular complexity index is 1580. The summed E-state index contributed by atoms with van der Waals surface area (Å²) in [5, 5.41) is 9.79. The lowest BCUT2D eigenvalue weighted by Gasteiger charge is -2.51. The van der Waals surface area contributed by atoms with E-state index in [1.54, 1.807) is 20.3 Å². The third-order valence-electron chi connectivity index (χ3n) is 16.0. The maximum absolute atomic E-state index is 9.79. The zero-order chi connectivity index (χ0) is 43.5. The molecular weight excluding hydrogens is 840 g/mol. The highest BCUT2D eigenvalue weighted by Crippen LogP contribution is 2.63. The summed E-state index contributed by atoms with van der Waals surface area (Å²) in [6.07, 6.45) is 41.8. The van der Waals surface area contributed by atoms with Gasteiger partial charge in [0, 0.05) is 12.0 Å².